The molecule has 10 heavy (non-hydrogen) atoms. The van der Waals surface area contributed by atoms with Crippen molar-refractivity contribution < 1.29 is 4.21 Å². The Bertz CT molecular complexity index is 308. The molecule has 0 saturated carbocycles. The number of hydrogen-bond acceptors (Lipinski definition) is 3. The van der Waals surface area contributed by atoms with Gasteiger partial charge in [0.15, 0.2) is 7.71 Å². The van der Waals surface area contributed by atoms with E-state index in [1.807, 2.05) is 0 Å². The molecule has 1 unspecified atom stereocenters. The van der Waals surface area contributed by atoms with Gasteiger partial charge in [-0.1, -0.05) is 5.92 Å². The van der Waals surface area contributed by atoms with E-state index >= 15 is 0 Å². The second kappa shape index (κ2) is 2.46. The number of hydrogen-bond donors (Lipinski definition) is 0. The number of allylic oxidation sites excluding steroid dienone is 1. The van der Waals surface area contributed by atoms with E-state index in [1.54, 1.807) is 12.5 Å². The third-order valence-electron chi connectivity index (χ3n) is 1.10. The van der Waals surface area contributed by atoms with E-state index in [1.165, 1.54) is 4.31 Å². The molecule has 1 rings (SSSR count). The van der Waals surface area contributed by atoms with Gasteiger partial charge in [0.25, 0.3) is 0 Å². The van der Waals surface area contributed by atoms with E-state index < -0.39 is 7.71 Å². The highest BCUT2D eigenvalue weighted by Gasteiger charge is 2.21. The van der Waals surface area contributed by atoms with E-state index in [0.29, 0.717) is 5.70 Å². The summed E-state index contributed by atoms with van der Waals surface area (Å²) in [6.45, 7) is 0. The summed E-state index contributed by atoms with van der Waals surface area (Å²) in [5.41, 5.74) is 0.602. The van der Waals surface area contributed by atoms with Crippen LogP contribution in [0.3, 0.4) is 0 Å². The van der Waals surface area contributed by atoms with Gasteiger partial charge in [0.1, 0.15) is 5.70 Å². The minimum absolute atomic E-state index is 0.602. The van der Waals surface area contributed by atoms with Crippen molar-refractivity contribution in [2.24, 2.45) is 0 Å². The van der Waals surface area contributed by atoms with Crippen molar-refractivity contribution in [3.05, 3.63) is 11.1 Å². The summed E-state index contributed by atoms with van der Waals surface area (Å²) >= 11 is 4.74. The maximum atomic E-state index is 11.2. The van der Waals surface area contributed by atoms with Gasteiger partial charge in [0.05, 0.1) is 0 Å². The molecule has 0 aliphatic carbocycles. The number of nitrogens with zero attached hydrogens (tertiary/aromatic N) is 1. The van der Waals surface area contributed by atoms with Crippen LogP contribution in [0.5, 0.6) is 0 Å². The first-order valence-electron chi connectivity index (χ1n) is 2.42. The van der Waals surface area contributed by atoms with Crippen LogP contribution >= 0.6 is 10.8 Å². The Labute approximate surface area is 68.9 Å². The zero-order valence-corrected chi connectivity index (χ0v) is 7.68. The highest BCUT2D eigenvalue weighted by Crippen LogP contribution is 2.30. The molecule has 0 spiro atoms. The molecule has 1 aliphatic heterocycles. The maximum absolute atomic E-state index is 11.2. The molecule has 0 fully saturated rings. The molecular weight excluding hydrogens is 186 g/mol. The first-order valence-corrected chi connectivity index (χ1v) is 6.25. The SMILES string of the molecule is C#CC1=CSS(=O)(=S)N1C. The summed E-state index contributed by atoms with van der Waals surface area (Å²) in [6, 6.07) is 0. The van der Waals surface area contributed by atoms with Crippen LogP contribution < -0.4 is 0 Å². The minimum Gasteiger partial charge on any atom is -0.277 e. The first kappa shape index (κ1) is 7.92. The van der Waals surface area contributed by atoms with Crippen molar-refractivity contribution in [1.29, 1.82) is 0 Å². The molecule has 1 heterocycles. The molecule has 0 aromatic heterocycles. The largest absolute Gasteiger partial charge is 0.277 e. The highest BCUT2D eigenvalue weighted by molar-refractivity contribution is 8.85. The fraction of sp³-hybridized carbons (Fsp3) is 0.200. The Kier molecular flexibility index (Phi) is 1.95. The molecule has 0 N–H and O–H groups in total. The molecule has 0 saturated heterocycles. The van der Waals surface area contributed by atoms with Crippen molar-refractivity contribution in [3.63, 3.8) is 0 Å². The smallest absolute Gasteiger partial charge is 0.171 e. The van der Waals surface area contributed by atoms with Crippen LogP contribution in [0.25, 0.3) is 0 Å². The van der Waals surface area contributed by atoms with Gasteiger partial charge >= 0.3 is 0 Å². The van der Waals surface area contributed by atoms with Gasteiger partial charge in [0, 0.05) is 23.6 Å². The average Bonchev–Trinajstić information content (AvgIpc) is 2.10. The van der Waals surface area contributed by atoms with Gasteiger partial charge in [-0.3, -0.25) is 4.31 Å². The third-order valence-corrected chi connectivity index (χ3v) is 5.60. The van der Waals surface area contributed by atoms with Crippen molar-refractivity contribution in [1.82, 2.24) is 4.31 Å². The van der Waals surface area contributed by atoms with Gasteiger partial charge in [-0.05, 0) is 10.8 Å². The molecule has 2 nitrogen and oxygen atoms in total. The van der Waals surface area contributed by atoms with E-state index in [-0.39, 0.29) is 0 Å². The minimum atomic E-state index is -2.34. The lowest BCUT2D eigenvalue weighted by atomic mass is 10.5. The van der Waals surface area contributed by atoms with E-state index in [4.69, 9.17) is 17.6 Å². The monoisotopic (exact) mass is 191 g/mol. The molecule has 5 heteroatoms. The molecular formula is C5H5NOS3. The zero-order valence-electron chi connectivity index (χ0n) is 5.23. The lowest BCUT2D eigenvalue weighted by molar-refractivity contribution is 0.633. The van der Waals surface area contributed by atoms with Crippen molar-refractivity contribution in [2.75, 3.05) is 7.05 Å². The van der Waals surface area contributed by atoms with E-state index in [9.17, 15) is 4.21 Å². The summed E-state index contributed by atoms with van der Waals surface area (Å²) in [5.74, 6) is 2.39. The normalized spacial score (nSPS) is 31.6. The van der Waals surface area contributed by atoms with Gasteiger partial charge in [-0.25, -0.2) is 4.21 Å². The van der Waals surface area contributed by atoms with Crippen molar-refractivity contribution >= 4 is 29.7 Å². The van der Waals surface area contributed by atoms with Gasteiger partial charge in [-0.2, -0.15) is 0 Å². The van der Waals surface area contributed by atoms with Crippen LogP contribution in [0.1, 0.15) is 0 Å². The summed E-state index contributed by atoms with van der Waals surface area (Å²) in [5, 5.41) is 1.65. The summed E-state index contributed by atoms with van der Waals surface area (Å²) in [7, 11) is 0.406. The van der Waals surface area contributed by atoms with Crippen LogP contribution in [0.2, 0.25) is 0 Å². The molecule has 0 amide bonds. The fourth-order valence-corrected chi connectivity index (χ4v) is 3.33. The third kappa shape index (κ3) is 1.15. The Morgan fingerprint density at radius 2 is 2.60 bits per heavy atom. The molecule has 0 aromatic carbocycles. The van der Waals surface area contributed by atoms with Crippen LogP contribution in [-0.4, -0.2) is 15.6 Å². The standard InChI is InChI=1S/C5H5NOS3/c1-3-5-4-9-10(7,8)6(5)2/h1,4H,2H3. The molecule has 0 aromatic rings. The van der Waals surface area contributed by atoms with Gasteiger partial charge in [-0.15, -0.1) is 6.42 Å². The average molecular weight is 191 g/mol. The van der Waals surface area contributed by atoms with Gasteiger partial charge < -0.3 is 0 Å². The maximum Gasteiger partial charge on any atom is 0.171 e. The molecule has 0 bridgehead atoms. The Morgan fingerprint density at radius 1 is 2.00 bits per heavy atom. The highest BCUT2D eigenvalue weighted by atomic mass is 33.3. The molecule has 0 radical (unpaired) electrons. The zero-order chi connectivity index (χ0) is 7.78. The van der Waals surface area contributed by atoms with Crippen LogP contribution in [0, 0.1) is 12.3 Å². The van der Waals surface area contributed by atoms with E-state index in [0.717, 1.165) is 10.8 Å². The van der Waals surface area contributed by atoms with Crippen LogP contribution in [0.4, 0.5) is 0 Å². The number of terminal acetylenes is 1. The predicted octanol–water partition coefficient (Wildman–Crippen LogP) is 0.716. The number of rotatable bonds is 0. The summed E-state index contributed by atoms with van der Waals surface area (Å²) < 4.78 is 12.7. The van der Waals surface area contributed by atoms with Crippen molar-refractivity contribution in [3.8, 4) is 12.3 Å². The van der Waals surface area contributed by atoms with Crippen LogP contribution in [0.15, 0.2) is 11.1 Å². The van der Waals surface area contributed by atoms with Crippen LogP contribution in [-0.2, 0) is 18.9 Å². The lowest BCUT2D eigenvalue weighted by Crippen LogP contribution is -2.16. The van der Waals surface area contributed by atoms with Crippen molar-refractivity contribution in [2.45, 2.75) is 0 Å². The molecule has 1 atom stereocenters. The predicted molar refractivity (Wildman–Crippen MR) is 47.8 cm³/mol. The Morgan fingerprint density at radius 3 is 2.80 bits per heavy atom. The first-order chi connectivity index (χ1) is 4.58. The van der Waals surface area contributed by atoms with Gasteiger partial charge in [0.2, 0.25) is 0 Å². The fourth-order valence-electron chi connectivity index (χ4n) is 0.491. The second-order valence-corrected chi connectivity index (χ2v) is 7.42. The Balaban J connectivity index is 3.04. The summed E-state index contributed by atoms with van der Waals surface area (Å²) in [6.07, 6.45) is 5.10. The topological polar surface area (TPSA) is 20.3 Å². The lowest BCUT2D eigenvalue weighted by Gasteiger charge is -2.11. The Hall–Kier alpha value is -0.180. The second-order valence-electron chi connectivity index (χ2n) is 1.67. The quantitative estimate of drug-likeness (QED) is 0.415. The molecule has 54 valence electrons. The van der Waals surface area contributed by atoms with E-state index in [2.05, 4.69) is 5.92 Å². The summed E-state index contributed by atoms with van der Waals surface area (Å²) in [4.78, 5) is 0. The molecule has 1 aliphatic rings.